The third-order valence-electron chi connectivity index (χ3n) is 6.32. The zero-order chi connectivity index (χ0) is 28.9. The van der Waals surface area contributed by atoms with Crippen LogP contribution in [-0.2, 0) is 11.4 Å². The third-order valence-corrected chi connectivity index (χ3v) is 7.93. The van der Waals surface area contributed by atoms with Crippen molar-refractivity contribution >= 4 is 63.5 Å². The summed E-state index contributed by atoms with van der Waals surface area (Å²) in [5.74, 6) is 0.736. The average Bonchev–Trinajstić information content (AvgIpc) is 3.25. The Hall–Kier alpha value is -3.71. The molecule has 1 amide bonds. The van der Waals surface area contributed by atoms with Crippen LogP contribution in [0.15, 0.2) is 94.8 Å². The van der Waals surface area contributed by atoms with E-state index in [9.17, 15) is 4.79 Å². The van der Waals surface area contributed by atoms with Crippen LogP contribution in [0, 0.1) is 13.8 Å². The Balaban J connectivity index is 1.49. The molecule has 0 bridgehead atoms. The minimum Gasteiger partial charge on any atom is -0.490 e. The fourth-order valence-electron chi connectivity index (χ4n) is 4.19. The molecule has 1 aliphatic heterocycles. The first-order valence-corrected chi connectivity index (χ1v) is 14.7. The Morgan fingerprint density at radius 3 is 2.24 bits per heavy atom. The molecule has 208 valence electrons. The van der Waals surface area contributed by atoms with Gasteiger partial charge in [0, 0.05) is 10.6 Å². The lowest BCUT2D eigenvalue weighted by Crippen LogP contribution is -2.28. The second kappa shape index (κ2) is 12.9. The first-order chi connectivity index (χ1) is 19.8. The minimum absolute atomic E-state index is 0.169. The van der Waals surface area contributed by atoms with Crippen LogP contribution in [0.4, 0.5) is 11.4 Å². The number of nitrogens with zero attached hydrogens (tertiary/aromatic N) is 2. The first kappa shape index (κ1) is 28.8. The number of hydrogen-bond acceptors (Lipinski definition) is 5. The Bertz CT molecular complexity index is 1630. The van der Waals surface area contributed by atoms with Gasteiger partial charge in [-0.3, -0.25) is 9.69 Å². The molecule has 0 aliphatic carbocycles. The van der Waals surface area contributed by atoms with Gasteiger partial charge >= 0.3 is 0 Å². The van der Waals surface area contributed by atoms with Gasteiger partial charge in [0.05, 0.1) is 27.9 Å². The van der Waals surface area contributed by atoms with Gasteiger partial charge in [0.15, 0.2) is 16.7 Å². The number of carbonyl (C=O) groups excluding carboxylic acids is 1. The number of thioether (sulfide) groups is 1. The summed E-state index contributed by atoms with van der Waals surface area (Å²) in [5, 5.41) is 1.56. The lowest BCUT2D eigenvalue weighted by atomic mass is 10.1. The number of aliphatic imine (C=N–C) groups is 1. The van der Waals surface area contributed by atoms with Crippen LogP contribution in [0.1, 0.15) is 29.2 Å². The predicted octanol–water partition coefficient (Wildman–Crippen LogP) is 9.40. The lowest BCUT2D eigenvalue weighted by molar-refractivity contribution is -0.113. The SMILES string of the molecule is CCOc1cc(/C=C2\SC(=Nc3ccc(C)cc3)N(c3ccc(C)cc3)C2=O)cc(Cl)c1OCc1ccccc1Cl. The van der Waals surface area contributed by atoms with E-state index in [0.29, 0.717) is 43.8 Å². The summed E-state index contributed by atoms with van der Waals surface area (Å²) in [5.41, 5.74) is 5.31. The van der Waals surface area contributed by atoms with E-state index < -0.39 is 0 Å². The molecule has 1 saturated heterocycles. The largest absolute Gasteiger partial charge is 0.490 e. The fourth-order valence-corrected chi connectivity index (χ4v) is 5.66. The van der Waals surface area contributed by atoms with Crippen molar-refractivity contribution < 1.29 is 14.3 Å². The number of aryl methyl sites for hydroxylation is 2. The molecule has 4 aromatic rings. The summed E-state index contributed by atoms with van der Waals surface area (Å²) in [6.45, 7) is 6.58. The number of amidine groups is 1. The molecule has 0 unspecified atom stereocenters. The third kappa shape index (κ3) is 6.79. The zero-order valence-electron chi connectivity index (χ0n) is 22.9. The minimum atomic E-state index is -0.169. The maximum Gasteiger partial charge on any atom is 0.271 e. The van der Waals surface area contributed by atoms with Crippen LogP contribution in [0.5, 0.6) is 11.5 Å². The highest BCUT2D eigenvalue weighted by atomic mass is 35.5. The van der Waals surface area contributed by atoms with E-state index in [1.165, 1.54) is 11.8 Å². The molecule has 0 radical (unpaired) electrons. The molecule has 5 nitrogen and oxygen atoms in total. The molecule has 0 atom stereocenters. The smallest absolute Gasteiger partial charge is 0.271 e. The number of hydrogen-bond donors (Lipinski definition) is 0. The van der Waals surface area contributed by atoms with Gasteiger partial charge in [-0.25, -0.2) is 4.99 Å². The van der Waals surface area contributed by atoms with Crippen molar-refractivity contribution in [2.24, 2.45) is 4.99 Å². The number of carbonyl (C=O) groups is 1. The van der Waals surface area contributed by atoms with Gasteiger partial charge in [-0.1, -0.05) is 76.8 Å². The monoisotopic (exact) mass is 602 g/mol. The molecule has 5 rings (SSSR count). The van der Waals surface area contributed by atoms with Crippen molar-refractivity contribution in [3.05, 3.63) is 122 Å². The molecular weight excluding hydrogens is 575 g/mol. The molecule has 41 heavy (non-hydrogen) atoms. The summed E-state index contributed by atoms with van der Waals surface area (Å²) in [6, 6.07) is 26.8. The predicted molar refractivity (Wildman–Crippen MR) is 171 cm³/mol. The second-order valence-electron chi connectivity index (χ2n) is 9.46. The van der Waals surface area contributed by atoms with Gasteiger partial charge in [0.2, 0.25) is 0 Å². The Kier molecular flexibility index (Phi) is 9.03. The molecule has 4 aromatic carbocycles. The van der Waals surface area contributed by atoms with Crippen molar-refractivity contribution in [1.29, 1.82) is 0 Å². The molecule has 0 saturated carbocycles. The number of ether oxygens (including phenoxy) is 2. The summed E-state index contributed by atoms with van der Waals surface area (Å²) in [6.07, 6.45) is 1.80. The van der Waals surface area contributed by atoms with Gasteiger partial charge in [-0.05, 0) is 86.6 Å². The molecule has 1 aliphatic rings. The highest BCUT2D eigenvalue weighted by Gasteiger charge is 2.35. The number of rotatable bonds is 8. The Morgan fingerprint density at radius 1 is 0.878 bits per heavy atom. The second-order valence-corrected chi connectivity index (χ2v) is 11.3. The lowest BCUT2D eigenvalue weighted by Gasteiger charge is -2.16. The number of anilines is 1. The van der Waals surface area contributed by atoms with Crippen LogP contribution >= 0.6 is 35.0 Å². The van der Waals surface area contributed by atoms with E-state index in [2.05, 4.69) is 0 Å². The summed E-state index contributed by atoms with van der Waals surface area (Å²) in [4.78, 5) is 20.7. The van der Waals surface area contributed by atoms with Gasteiger partial charge in [-0.2, -0.15) is 0 Å². The number of benzene rings is 4. The average molecular weight is 604 g/mol. The van der Waals surface area contributed by atoms with Crippen LogP contribution in [-0.4, -0.2) is 17.7 Å². The number of amides is 1. The standard InChI is InChI=1S/C33H28Cl2N2O3S/c1-4-39-29-18-23(17-28(35)31(29)40-20-24-7-5-6-8-27(24)34)19-30-32(38)37(26-15-11-22(3)12-16-26)33(41-30)36-25-13-9-21(2)10-14-25/h5-19H,4,20H2,1-3H3/b30-19-,36-33?. The summed E-state index contributed by atoms with van der Waals surface area (Å²) < 4.78 is 11.9. The topological polar surface area (TPSA) is 51.1 Å². The van der Waals surface area contributed by atoms with Crippen molar-refractivity contribution in [2.75, 3.05) is 11.5 Å². The van der Waals surface area contributed by atoms with Crippen LogP contribution in [0.25, 0.3) is 6.08 Å². The first-order valence-electron chi connectivity index (χ1n) is 13.1. The highest BCUT2D eigenvalue weighted by Crippen LogP contribution is 2.41. The van der Waals surface area contributed by atoms with Gasteiger partial charge in [0.25, 0.3) is 5.91 Å². The van der Waals surface area contributed by atoms with Crippen molar-refractivity contribution in [2.45, 2.75) is 27.4 Å². The van der Waals surface area contributed by atoms with Crippen LogP contribution < -0.4 is 14.4 Å². The van der Waals surface area contributed by atoms with E-state index >= 15 is 0 Å². The van der Waals surface area contributed by atoms with Crippen molar-refractivity contribution in [3.8, 4) is 11.5 Å². The molecule has 0 N–H and O–H groups in total. The maximum absolute atomic E-state index is 13.8. The summed E-state index contributed by atoms with van der Waals surface area (Å²) >= 11 is 14.3. The number of halogens is 2. The van der Waals surface area contributed by atoms with Gasteiger partial charge < -0.3 is 9.47 Å². The molecule has 0 aromatic heterocycles. The van der Waals surface area contributed by atoms with Crippen LogP contribution in [0.3, 0.4) is 0 Å². The van der Waals surface area contributed by atoms with Gasteiger partial charge in [-0.15, -0.1) is 0 Å². The molecular formula is C33H28Cl2N2O3S. The van der Waals surface area contributed by atoms with E-state index in [4.69, 9.17) is 37.7 Å². The molecule has 8 heteroatoms. The normalized spacial score (nSPS) is 15.1. The van der Waals surface area contributed by atoms with Crippen molar-refractivity contribution in [3.63, 3.8) is 0 Å². The Labute approximate surface area is 254 Å². The fraction of sp³-hybridized carbons (Fsp3) is 0.152. The van der Waals surface area contributed by atoms with Crippen molar-refractivity contribution in [1.82, 2.24) is 0 Å². The van der Waals surface area contributed by atoms with Gasteiger partial charge in [0.1, 0.15) is 6.61 Å². The molecule has 1 fully saturated rings. The van der Waals surface area contributed by atoms with Crippen LogP contribution in [0.2, 0.25) is 10.0 Å². The maximum atomic E-state index is 13.8. The zero-order valence-corrected chi connectivity index (χ0v) is 25.2. The van der Waals surface area contributed by atoms with E-state index in [0.717, 1.165) is 28.1 Å². The quantitative estimate of drug-likeness (QED) is 0.188. The van der Waals surface area contributed by atoms with E-state index in [1.54, 1.807) is 17.0 Å². The van der Waals surface area contributed by atoms with E-state index in [-0.39, 0.29) is 12.5 Å². The van der Waals surface area contributed by atoms with E-state index in [1.807, 2.05) is 99.6 Å². The highest BCUT2D eigenvalue weighted by molar-refractivity contribution is 8.19. The summed E-state index contributed by atoms with van der Waals surface area (Å²) in [7, 11) is 0. The molecule has 1 heterocycles. The Morgan fingerprint density at radius 2 is 1.56 bits per heavy atom. The molecule has 0 spiro atoms.